The number of nitro groups is 1. The number of hydrogen-bond donors (Lipinski definition) is 2. The normalized spacial score (nSPS) is 10.3. The van der Waals surface area contributed by atoms with Crippen LogP contribution in [0.2, 0.25) is 0 Å². The monoisotopic (exact) mass is 368 g/mol. The van der Waals surface area contributed by atoms with Crippen LogP contribution in [0.25, 0.3) is 11.3 Å². The van der Waals surface area contributed by atoms with Crippen LogP contribution >= 0.6 is 11.3 Å². The van der Waals surface area contributed by atoms with Crippen molar-refractivity contribution in [1.82, 2.24) is 4.98 Å². The fourth-order valence-electron chi connectivity index (χ4n) is 2.37. The zero-order valence-electron chi connectivity index (χ0n) is 13.9. The lowest BCUT2D eigenvalue weighted by atomic mass is 10.1. The SMILES string of the molecule is Cc1nc(-c2cccc(NC(=O)CNc3cccc([N+](=O)[O-])c3)c2)cs1. The number of carbonyl (C=O) groups excluding carboxylic acids is 1. The minimum Gasteiger partial charge on any atom is -0.376 e. The van der Waals surface area contributed by atoms with Gasteiger partial charge in [0.05, 0.1) is 22.2 Å². The molecule has 2 N–H and O–H groups in total. The fourth-order valence-corrected chi connectivity index (χ4v) is 2.99. The van der Waals surface area contributed by atoms with Crippen LogP contribution in [0, 0.1) is 17.0 Å². The third kappa shape index (κ3) is 4.42. The maximum atomic E-state index is 12.1. The van der Waals surface area contributed by atoms with Gasteiger partial charge in [-0.2, -0.15) is 0 Å². The highest BCUT2D eigenvalue weighted by Gasteiger charge is 2.08. The van der Waals surface area contributed by atoms with Crippen molar-refractivity contribution in [3.8, 4) is 11.3 Å². The predicted molar refractivity (Wildman–Crippen MR) is 103 cm³/mol. The first-order valence-corrected chi connectivity index (χ1v) is 8.70. The molecule has 0 atom stereocenters. The van der Waals surface area contributed by atoms with Gasteiger partial charge in [-0.1, -0.05) is 18.2 Å². The molecule has 0 spiro atoms. The number of non-ortho nitro benzene ring substituents is 1. The quantitative estimate of drug-likeness (QED) is 0.505. The van der Waals surface area contributed by atoms with Gasteiger partial charge in [0.2, 0.25) is 5.91 Å². The van der Waals surface area contributed by atoms with Gasteiger partial charge >= 0.3 is 0 Å². The van der Waals surface area contributed by atoms with E-state index in [9.17, 15) is 14.9 Å². The Hall–Kier alpha value is -3.26. The number of benzene rings is 2. The minimum absolute atomic E-state index is 0.00119. The Bertz CT molecular complexity index is 955. The zero-order chi connectivity index (χ0) is 18.5. The van der Waals surface area contributed by atoms with Gasteiger partial charge in [0.25, 0.3) is 5.69 Å². The molecule has 7 nitrogen and oxygen atoms in total. The molecule has 8 heteroatoms. The van der Waals surface area contributed by atoms with Gasteiger partial charge in [0.15, 0.2) is 0 Å². The summed E-state index contributed by atoms with van der Waals surface area (Å²) in [5, 5.41) is 19.4. The molecule has 3 aromatic rings. The lowest BCUT2D eigenvalue weighted by Crippen LogP contribution is -2.21. The Labute approximate surface area is 153 Å². The highest BCUT2D eigenvalue weighted by molar-refractivity contribution is 7.09. The second-order valence-corrected chi connectivity index (χ2v) is 6.60. The summed E-state index contributed by atoms with van der Waals surface area (Å²) in [5.74, 6) is -0.247. The standard InChI is InChI=1S/C18H16N4O3S/c1-12-20-17(11-26-12)13-4-2-6-15(8-13)21-18(23)10-19-14-5-3-7-16(9-14)22(24)25/h2-9,11,19H,10H2,1H3,(H,21,23). The van der Waals surface area contributed by atoms with Crippen molar-refractivity contribution in [1.29, 1.82) is 0 Å². The van der Waals surface area contributed by atoms with E-state index >= 15 is 0 Å². The molecule has 0 unspecified atom stereocenters. The van der Waals surface area contributed by atoms with Crippen LogP contribution < -0.4 is 10.6 Å². The highest BCUT2D eigenvalue weighted by Crippen LogP contribution is 2.24. The number of nitrogens with zero attached hydrogens (tertiary/aromatic N) is 2. The van der Waals surface area contributed by atoms with Crippen LogP contribution in [-0.2, 0) is 4.79 Å². The van der Waals surface area contributed by atoms with E-state index in [0.29, 0.717) is 11.4 Å². The summed E-state index contributed by atoms with van der Waals surface area (Å²) in [6.07, 6.45) is 0. The number of nitrogens with one attached hydrogen (secondary N) is 2. The minimum atomic E-state index is -0.475. The Morgan fingerprint density at radius 1 is 1.19 bits per heavy atom. The number of nitro benzene ring substituents is 1. The van der Waals surface area contributed by atoms with Crippen LogP contribution in [0.15, 0.2) is 53.9 Å². The average molecular weight is 368 g/mol. The van der Waals surface area contributed by atoms with Crippen molar-refractivity contribution < 1.29 is 9.72 Å². The number of hydrogen-bond acceptors (Lipinski definition) is 6. The number of rotatable bonds is 6. The summed E-state index contributed by atoms with van der Waals surface area (Å²) in [6, 6.07) is 13.5. The van der Waals surface area contributed by atoms with Crippen molar-refractivity contribution in [3.63, 3.8) is 0 Å². The molecule has 0 bridgehead atoms. The molecule has 0 fully saturated rings. The number of carbonyl (C=O) groups is 1. The number of anilines is 2. The molecule has 0 saturated heterocycles. The maximum Gasteiger partial charge on any atom is 0.271 e. The first kappa shape index (κ1) is 17.6. The molecule has 0 radical (unpaired) electrons. The fraction of sp³-hybridized carbons (Fsp3) is 0.111. The van der Waals surface area contributed by atoms with Crippen molar-refractivity contribution >= 4 is 34.3 Å². The molecule has 26 heavy (non-hydrogen) atoms. The van der Waals surface area contributed by atoms with E-state index in [4.69, 9.17) is 0 Å². The molecular formula is C18H16N4O3S. The Morgan fingerprint density at radius 3 is 2.69 bits per heavy atom. The molecule has 0 aliphatic rings. The number of thiazole rings is 1. The van der Waals surface area contributed by atoms with E-state index in [0.717, 1.165) is 16.3 Å². The van der Waals surface area contributed by atoms with Gasteiger partial charge < -0.3 is 10.6 Å². The van der Waals surface area contributed by atoms with Crippen molar-refractivity contribution in [3.05, 3.63) is 69.0 Å². The molecule has 1 amide bonds. The average Bonchev–Trinajstić information content (AvgIpc) is 3.07. The van der Waals surface area contributed by atoms with Crippen LogP contribution in [-0.4, -0.2) is 22.4 Å². The largest absolute Gasteiger partial charge is 0.376 e. The van der Waals surface area contributed by atoms with Gasteiger partial charge in [0, 0.05) is 34.5 Å². The summed E-state index contributed by atoms with van der Waals surface area (Å²) in [5.41, 5.74) is 2.96. The number of aryl methyl sites for hydroxylation is 1. The molecular weight excluding hydrogens is 352 g/mol. The van der Waals surface area contributed by atoms with Gasteiger partial charge in [-0.3, -0.25) is 14.9 Å². The topological polar surface area (TPSA) is 97.2 Å². The van der Waals surface area contributed by atoms with E-state index in [1.165, 1.54) is 12.1 Å². The molecule has 2 aromatic carbocycles. The summed E-state index contributed by atoms with van der Waals surface area (Å²) < 4.78 is 0. The number of aromatic nitrogens is 1. The third-order valence-electron chi connectivity index (χ3n) is 3.57. The zero-order valence-corrected chi connectivity index (χ0v) is 14.7. The summed E-state index contributed by atoms with van der Waals surface area (Å²) in [4.78, 5) is 26.9. The van der Waals surface area contributed by atoms with E-state index < -0.39 is 4.92 Å². The van der Waals surface area contributed by atoms with Crippen LogP contribution in [0.4, 0.5) is 17.1 Å². The second-order valence-electron chi connectivity index (χ2n) is 5.54. The Balaban J connectivity index is 1.62. The first-order valence-electron chi connectivity index (χ1n) is 7.82. The van der Waals surface area contributed by atoms with Gasteiger partial charge in [-0.15, -0.1) is 11.3 Å². The van der Waals surface area contributed by atoms with Crippen molar-refractivity contribution in [2.45, 2.75) is 6.92 Å². The maximum absolute atomic E-state index is 12.1. The van der Waals surface area contributed by atoms with Crippen LogP contribution in [0.3, 0.4) is 0 Å². The molecule has 132 valence electrons. The molecule has 1 aromatic heterocycles. The van der Waals surface area contributed by atoms with Gasteiger partial charge in [-0.05, 0) is 25.1 Å². The van der Waals surface area contributed by atoms with Crippen molar-refractivity contribution in [2.75, 3.05) is 17.2 Å². The second kappa shape index (κ2) is 7.75. The van der Waals surface area contributed by atoms with E-state index in [2.05, 4.69) is 15.6 Å². The van der Waals surface area contributed by atoms with Gasteiger partial charge in [0.1, 0.15) is 0 Å². The molecule has 3 rings (SSSR count). The third-order valence-corrected chi connectivity index (χ3v) is 4.34. The number of amides is 1. The lowest BCUT2D eigenvalue weighted by Gasteiger charge is -2.08. The smallest absolute Gasteiger partial charge is 0.271 e. The van der Waals surface area contributed by atoms with Crippen LogP contribution in [0.1, 0.15) is 5.01 Å². The van der Waals surface area contributed by atoms with Crippen molar-refractivity contribution in [2.24, 2.45) is 0 Å². The predicted octanol–water partition coefficient (Wildman–Crippen LogP) is 4.08. The summed E-state index contributed by atoms with van der Waals surface area (Å²) in [7, 11) is 0. The Kier molecular flexibility index (Phi) is 5.23. The molecule has 0 aliphatic carbocycles. The molecule has 0 aliphatic heterocycles. The lowest BCUT2D eigenvalue weighted by molar-refractivity contribution is -0.384. The molecule has 0 saturated carbocycles. The van der Waals surface area contributed by atoms with E-state index in [-0.39, 0.29) is 18.1 Å². The van der Waals surface area contributed by atoms with E-state index in [1.807, 2.05) is 30.5 Å². The summed E-state index contributed by atoms with van der Waals surface area (Å²) in [6.45, 7) is 1.95. The Morgan fingerprint density at radius 2 is 1.96 bits per heavy atom. The summed E-state index contributed by atoms with van der Waals surface area (Å²) >= 11 is 1.57. The van der Waals surface area contributed by atoms with Crippen LogP contribution in [0.5, 0.6) is 0 Å². The van der Waals surface area contributed by atoms with Gasteiger partial charge in [-0.25, -0.2) is 4.98 Å². The highest BCUT2D eigenvalue weighted by atomic mass is 32.1. The first-order chi connectivity index (χ1) is 12.5. The molecule has 1 heterocycles. The van der Waals surface area contributed by atoms with E-state index in [1.54, 1.807) is 29.5 Å².